The van der Waals surface area contributed by atoms with Gasteiger partial charge < -0.3 is 4.57 Å². The maximum absolute atomic E-state index is 5.77. The Hall–Kier alpha value is -0.610. The molecule has 1 aliphatic rings. The van der Waals surface area contributed by atoms with E-state index in [1.165, 1.54) is 12.8 Å². The Labute approximate surface area is 95.2 Å². The maximum Gasteiger partial charge on any atom is 0.147 e. The van der Waals surface area contributed by atoms with Crippen molar-refractivity contribution in [2.75, 3.05) is 7.05 Å². The van der Waals surface area contributed by atoms with Crippen LogP contribution in [-0.4, -0.2) is 38.8 Å². The van der Waals surface area contributed by atoms with Gasteiger partial charge in [0.2, 0.25) is 0 Å². The zero-order valence-corrected chi connectivity index (χ0v) is 9.98. The van der Waals surface area contributed by atoms with Gasteiger partial charge in [-0.2, -0.15) is 0 Å². The van der Waals surface area contributed by atoms with Crippen LogP contribution in [0.4, 0.5) is 0 Å². The second kappa shape index (κ2) is 4.49. The second-order valence-corrected chi connectivity index (χ2v) is 4.55. The summed E-state index contributed by atoms with van der Waals surface area (Å²) < 4.78 is 2.04. The molecule has 1 heterocycles. The van der Waals surface area contributed by atoms with E-state index in [-0.39, 0.29) is 0 Å². The lowest BCUT2D eigenvalue weighted by atomic mass is 10.3. The van der Waals surface area contributed by atoms with Crippen molar-refractivity contribution >= 4 is 11.6 Å². The number of alkyl halides is 1. The van der Waals surface area contributed by atoms with E-state index in [9.17, 15) is 0 Å². The van der Waals surface area contributed by atoms with Crippen LogP contribution in [-0.2, 0) is 12.4 Å². The van der Waals surface area contributed by atoms with Crippen LogP contribution in [0.25, 0.3) is 0 Å². The number of likely N-dealkylation sites (N-methyl/N-ethyl adjacent to an activating group) is 1. The number of rotatable bonds is 5. The van der Waals surface area contributed by atoms with Gasteiger partial charge in [0.05, 0.1) is 5.88 Å². The van der Waals surface area contributed by atoms with E-state index in [4.69, 9.17) is 11.6 Å². The molecule has 1 saturated carbocycles. The number of hydrogen-bond donors (Lipinski definition) is 0. The lowest BCUT2D eigenvalue weighted by Crippen LogP contribution is -2.34. The predicted octanol–water partition coefficient (Wildman–Crippen LogP) is 1.50. The van der Waals surface area contributed by atoms with Crippen molar-refractivity contribution < 1.29 is 0 Å². The summed E-state index contributed by atoms with van der Waals surface area (Å²) in [5.74, 6) is 1.28. The first-order chi connectivity index (χ1) is 7.22. The van der Waals surface area contributed by atoms with Crippen LogP contribution in [0.5, 0.6) is 0 Å². The van der Waals surface area contributed by atoms with Crippen LogP contribution >= 0.6 is 11.6 Å². The highest BCUT2D eigenvalue weighted by molar-refractivity contribution is 6.16. The second-order valence-electron chi connectivity index (χ2n) is 4.28. The van der Waals surface area contributed by atoms with Crippen LogP contribution < -0.4 is 0 Å². The Kier molecular flexibility index (Phi) is 3.26. The van der Waals surface area contributed by atoms with E-state index >= 15 is 0 Å². The van der Waals surface area contributed by atoms with E-state index in [1.807, 2.05) is 4.57 Å². The molecule has 0 aromatic carbocycles. The summed E-state index contributed by atoms with van der Waals surface area (Å²) >= 11 is 5.77. The summed E-state index contributed by atoms with van der Waals surface area (Å²) in [7, 11) is 2.19. The van der Waals surface area contributed by atoms with Gasteiger partial charge in [0, 0.05) is 18.6 Å². The van der Waals surface area contributed by atoms with E-state index in [0.717, 1.165) is 18.4 Å². The summed E-state index contributed by atoms with van der Waals surface area (Å²) in [4.78, 5) is 2.43. The average Bonchev–Trinajstić information content (AvgIpc) is 2.99. The molecule has 15 heavy (non-hydrogen) atoms. The zero-order chi connectivity index (χ0) is 10.8. The van der Waals surface area contributed by atoms with Gasteiger partial charge in [-0.15, -0.1) is 21.8 Å². The Morgan fingerprint density at radius 3 is 3.00 bits per heavy atom. The predicted molar refractivity (Wildman–Crippen MR) is 59.8 cm³/mol. The molecule has 2 rings (SSSR count). The molecule has 1 fully saturated rings. The lowest BCUT2D eigenvalue weighted by molar-refractivity contribution is 0.224. The van der Waals surface area contributed by atoms with E-state index < -0.39 is 0 Å². The molecule has 0 aliphatic heterocycles. The standard InChI is InChI=1S/C10H17ClN4/c1-8(14(2)9-3-4-9)6-15-7-12-13-10(15)5-11/h7-9H,3-6H2,1-2H3. The first-order valence-electron chi connectivity index (χ1n) is 5.37. The summed E-state index contributed by atoms with van der Waals surface area (Å²) in [6.45, 7) is 3.15. The Bertz CT molecular complexity index is 321. The largest absolute Gasteiger partial charge is 0.315 e. The normalized spacial score (nSPS) is 18.4. The minimum Gasteiger partial charge on any atom is -0.315 e. The smallest absolute Gasteiger partial charge is 0.147 e. The number of nitrogens with zero attached hydrogens (tertiary/aromatic N) is 4. The van der Waals surface area contributed by atoms with Crippen LogP contribution in [0, 0.1) is 0 Å². The number of hydrogen-bond acceptors (Lipinski definition) is 3. The number of halogens is 1. The van der Waals surface area contributed by atoms with E-state index in [0.29, 0.717) is 11.9 Å². The molecule has 1 unspecified atom stereocenters. The Morgan fingerprint density at radius 1 is 1.67 bits per heavy atom. The molecule has 0 spiro atoms. The molecule has 1 atom stereocenters. The molecule has 0 amide bonds. The number of aromatic nitrogens is 3. The van der Waals surface area contributed by atoms with Gasteiger partial charge in [0.1, 0.15) is 12.2 Å². The molecule has 0 saturated heterocycles. The molecule has 1 aromatic heterocycles. The van der Waals surface area contributed by atoms with Gasteiger partial charge in [-0.05, 0) is 26.8 Å². The van der Waals surface area contributed by atoms with Crippen molar-refractivity contribution in [3.8, 4) is 0 Å². The van der Waals surface area contributed by atoms with Crippen molar-refractivity contribution in [2.45, 2.75) is 44.3 Å². The van der Waals surface area contributed by atoms with Gasteiger partial charge in [-0.25, -0.2) is 0 Å². The van der Waals surface area contributed by atoms with Crippen molar-refractivity contribution in [1.29, 1.82) is 0 Å². The van der Waals surface area contributed by atoms with Crippen LogP contribution in [0.15, 0.2) is 6.33 Å². The fraction of sp³-hybridized carbons (Fsp3) is 0.800. The van der Waals surface area contributed by atoms with E-state index in [1.54, 1.807) is 6.33 Å². The minimum atomic E-state index is 0.430. The highest BCUT2D eigenvalue weighted by Crippen LogP contribution is 2.27. The molecule has 4 nitrogen and oxygen atoms in total. The topological polar surface area (TPSA) is 34.0 Å². The molecule has 1 aliphatic carbocycles. The first-order valence-corrected chi connectivity index (χ1v) is 5.90. The SMILES string of the molecule is CC(Cn1cnnc1CCl)N(C)C1CC1. The molecule has 84 valence electrons. The van der Waals surface area contributed by atoms with Gasteiger partial charge in [0.15, 0.2) is 0 Å². The third-order valence-electron chi connectivity index (χ3n) is 3.09. The molecule has 1 aromatic rings. The molecule has 5 heteroatoms. The van der Waals surface area contributed by atoms with Gasteiger partial charge in [-0.1, -0.05) is 0 Å². The van der Waals surface area contributed by atoms with Crippen LogP contribution in [0.2, 0.25) is 0 Å². The Morgan fingerprint density at radius 2 is 2.40 bits per heavy atom. The highest BCUT2D eigenvalue weighted by atomic mass is 35.5. The Balaban J connectivity index is 1.95. The van der Waals surface area contributed by atoms with Crippen LogP contribution in [0.1, 0.15) is 25.6 Å². The van der Waals surface area contributed by atoms with E-state index in [2.05, 4.69) is 29.1 Å². The van der Waals surface area contributed by atoms with Crippen molar-refractivity contribution in [2.24, 2.45) is 0 Å². The van der Waals surface area contributed by atoms with Crippen molar-refractivity contribution in [1.82, 2.24) is 19.7 Å². The monoisotopic (exact) mass is 228 g/mol. The third kappa shape index (κ3) is 2.49. The molecular formula is C10H17ClN4. The quantitative estimate of drug-likeness (QED) is 0.717. The summed E-state index contributed by atoms with van der Waals surface area (Å²) in [6, 6.07) is 1.30. The van der Waals surface area contributed by atoms with Gasteiger partial charge in [0.25, 0.3) is 0 Å². The lowest BCUT2D eigenvalue weighted by Gasteiger charge is -2.24. The molecule has 0 bridgehead atoms. The minimum absolute atomic E-state index is 0.430. The fourth-order valence-corrected chi connectivity index (χ4v) is 2.00. The highest BCUT2D eigenvalue weighted by Gasteiger charge is 2.29. The fourth-order valence-electron chi connectivity index (χ4n) is 1.79. The van der Waals surface area contributed by atoms with Crippen molar-refractivity contribution in [3.05, 3.63) is 12.2 Å². The first kappa shape index (κ1) is 10.9. The average molecular weight is 229 g/mol. The summed E-state index contributed by atoms with van der Waals surface area (Å²) in [5.41, 5.74) is 0. The molecule has 0 radical (unpaired) electrons. The van der Waals surface area contributed by atoms with Gasteiger partial charge in [-0.3, -0.25) is 4.90 Å². The molecule has 0 N–H and O–H groups in total. The maximum atomic E-state index is 5.77. The summed E-state index contributed by atoms with van der Waals surface area (Å²) in [5, 5.41) is 7.85. The summed E-state index contributed by atoms with van der Waals surface area (Å²) in [6.07, 6.45) is 4.44. The van der Waals surface area contributed by atoms with Gasteiger partial charge >= 0.3 is 0 Å². The zero-order valence-electron chi connectivity index (χ0n) is 9.23. The van der Waals surface area contributed by atoms with Crippen molar-refractivity contribution in [3.63, 3.8) is 0 Å². The molecular weight excluding hydrogens is 212 g/mol. The third-order valence-corrected chi connectivity index (χ3v) is 3.33. The van der Waals surface area contributed by atoms with Crippen LogP contribution in [0.3, 0.4) is 0 Å².